The molecular weight excluding hydrogens is 370 g/mol. The molecule has 0 spiro atoms. The Morgan fingerprint density at radius 2 is 2.14 bits per heavy atom. The van der Waals surface area contributed by atoms with E-state index in [1.54, 1.807) is 13.3 Å². The van der Waals surface area contributed by atoms with Crippen LogP contribution in [0.3, 0.4) is 0 Å². The van der Waals surface area contributed by atoms with Crippen LogP contribution < -0.4 is 21.5 Å². The largest absolute Gasteiger partial charge is 0.496 e. The van der Waals surface area contributed by atoms with Crippen molar-refractivity contribution in [1.29, 1.82) is 0 Å². The molecule has 5 N–H and O–H groups in total. The molecule has 9 heteroatoms. The first-order chi connectivity index (χ1) is 14.0. The Bertz CT molecular complexity index is 1010. The van der Waals surface area contributed by atoms with Crippen molar-refractivity contribution in [1.82, 2.24) is 19.7 Å². The first kappa shape index (κ1) is 19.4. The molecule has 4 rings (SSSR count). The summed E-state index contributed by atoms with van der Waals surface area (Å²) in [5, 5.41) is 7.87. The normalized spacial score (nSPS) is 15.3. The summed E-state index contributed by atoms with van der Waals surface area (Å²) in [7, 11) is 1.66. The molecule has 1 aromatic carbocycles. The first-order valence-electron chi connectivity index (χ1n) is 9.81. The Balaban J connectivity index is 1.67. The molecule has 0 atom stereocenters. The van der Waals surface area contributed by atoms with E-state index in [1.165, 1.54) is 0 Å². The van der Waals surface area contributed by atoms with Gasteiger partial charge in [0, 0.05) is 12.1 Å². The number of nitrogen functional groups attached to an aromatic ring is 1. The van der Waals surface area contributed by atoms with Gasteiger partial charge < -0.3 is 26.3 Å². The number of aromatic nitrogens is 4. The predicted octanol–water partition coefficient (Wildman–Crippen LogP) is 1.86. The lowest BCUT2D eigenvalue weighted by molar-refractivity contribution is -0.0569. The molecule has 1 aliphatic heterocycles. The summed E-state index contributed by atoms with van der Waals surface area (Å²) >= 11 is 0. The lowest BCUT2D eigenvalue weighted by Crippen LogP contribution is -2.54. The van der Waals surface area contributed by atoms with E-state index >= 15 is 0 Å². The number of nitrogens with zero attached hydrogens (tertiary/aromatic N) is 4. The zero-order valence-corrected chi connectivity index (χ0v) is 16.8. The van der Waals surface area contributed by atoms with Gasteiger partial charge in [0.1, 0.15) is 16.8 Å². The average Bonchev–Trinajstić information content (AvgIpc) is 3.09. The Labute approximate surface area is 169 Å². The topological polar surface area (TPSA) is 126 Å². The molecule has 3 heterocycles. The van der Waals surface area contributed by atoms with Crippen LogP contribution in [0.25, 0.3) is 11.0 Å². The van der Waals surface area contributed by atoms with Gasteiger partial charge in [-0.2, -0.15) is 10.1 Å². The predicted molar refractivity (Wildman–Crippen MR) is 112 cm³/mol. The van der Waals surface area contributed by atoms with Gasteiger partial charge in [0.25, 0.3) is 0 Å². The van der Waals surface area contributed by atoms with Crippen molar-refractivity contribution in [3.63, 3.8) is 0 Å². The summed E-state index contributed by atoms with van der Waals surface area (Å²) in [5.41, 5.74) is 15.3. The molecular formula is C20H27N7O2. The lowest BCUT2D eigenvalue weighted by Gasteiger charge is -2.38. The number of rotatable bonds is 8. The number of unbranched alkanes of at least 4 members (excludes halogenated alkanes) is 1. The van der Waals surface area contributed by atoms with Crippen molar-refractivity contribution < 1.29 is 9.47 Å². The van der Waals surface area contributed by atoms with Gasteiger partial charge in [0.05, 0.1) is 38.6 Å². The van der Waals surface area contributed by atoms with Crippen LogP contribution in [-0.4, -0.2) is 46.6 Å². The number of anilines is 2. The highest BCUT2D eigenvalue weighted by atomic mass is 16.5. The van der Waals surface area contributed by atoms with Crippen LogP contribution in [0.1, 0.15) is 30.9 Å². The third-order valence-electron chi connectivity index (χ3n) is 5.23. The third kappa shape index (κ3) is 3.70. The zero-order chi connectivity index (χ0) is 20.4. The lowest BCUT2D eigenvalue weighted by atomic mass is 9.88. The molecule has 3 aromatic rings. The number of ether oxygens (including phenoxy) is 2. The van der Waals surface area contributed by atoms with Gasteiger partial charge in [-0.25, -0.2) is 4.98 Å². The minimum absolute atomic E-state index is 0.231. The standard InChI is InChI=1S/C20H27N7O2/c1-3-4-7-23-18-17-15(25-19(21)26-18)9-24-27(17)10-13-5-6-14(8-16(13)28-2)20(22)11-29-12-20/h5-6,8-9H,3-4,7,10-12,22H2,1-2H3,(H3,21,23,25,26). The number of hydrogen-bond acceptors (Lipinski definition) is 8. The van der Waals surface area contributed by atoms with Crippen LogP contribution in [0.5, 0.6) is 5.75 Å². The van der Waals surface area contributed by atoms with E-state index in [9.17, 15) is 0 Å². The summed E-state index contributed by atoms with van der Waals surface area (Å²) in [5.74, 6) is 1.69. The van der Waals surface area contributed by atoms with Crippen molar-refractivity contribution in [2.24, 2.45) is 5.73 Å². The van der Waals surface area contributed by atoms with Crippen LogP contribution in [0.4, 0.5) is 11.8 Å². The number of nitrogens with one attached hydrogen (secondary N) is 1. The second-order valence-corrected chi connectivity index (χ2v) is 7.42. The first-order valence-corrected chi connectivity index (χ1v) is 9.81. The average molecular weight is 397 g/mol. The third-order valence-corrected chi connectivity index (χ3v) is 5.23. The van der Waals surface area contributed by atoms with E-state index < -0.39 is 5.54 Å². The highest BCUT2D eigenvalue weighted by Gasteiger charge is 2.36. The van der Waals surface area contributed by atoms with Crippen molar-refractivity contribution in [2.75, 3.05) is 37.9 Å². The quantitative estimate of drug-likeness (QED) is 0.492. The molecule has 29 heavy (non-hydrogen) atoms. The summed E-state index contributed by atoms with van der Waals surface area (Å²) < 4.78 is 12.8. The van der Waals surface area contributed by atoms with Crippen molar-refractivity contribution >= 4 is 22.8 Å². The molecule has 1 saturated heterocycles. The number of benzene rings is 1. The molecule has 154 valence electrons. The van der Waals surface area contributed by atoms with E-state index in [1.807, 2.05) is 22.9 Å². The van der Waals surface area contributed by atoms with Gasteiger partial charge in [-0.15, -0.1) is 0 Å². The summed E-state index contributed by atoms with van der Waals surface area (Å²) in [4.78, 5) is 8.70. The number of nitrogens with two attached hydrogens (primary N) is 2. The van der Waals surface area contributed by atoms with Gasteiger partial charge in [-0.3, -0.25) is 4.68 Å². The van der Waals surface area contributed by atoms with Crippen molar-refractivity contribution in [3.05, 3.63) is 35.5 Å². The Morgan fingerprint density at radius 1 is 1.31 bits per heavy atom. The summed E-state index contributed by atoms with van der Waals surface area (Å²) in [6.07, 6.45) is 3.84. The minimum atomic E-state index is -0.439. The molecule has 1 aliphatic rings. The Kier molecular flexibility index (Phi) is 5.25. The fraction of sp³-hybridized carbons (Fsp3) is 0.450. The van der Waals surface area contributed by atoms with Crippen molar-refractivity contribution in [2.45, 2.75) is 31.8 Å². The van der Waals surface area contributed by atoms with Gasteiger partial charge in [0.2, 0.25) is 5.95 Å². The number of fused-ring (bicyclic) bond motifs is 1. The molecule has 0 saturated carbocycles. The fourth-order valence-corrected chi connectivity index (χ4v) is 3.48. The highest BCUT2D eigenvalue weighted by Crippen LogP contribution is 2.32. The van der Waals surface area contributed by atoms with E-state index in [0.717, 1.165) is 41.8 Å². The Morgan fingerprint density at radius 3 is 2.83 bits per heavy atom. The van der Waals surface area contributed by atoms with Crippen LogP contribution in [0.2, 0.25) is 0 Å². The Hall–Kier alpha value is -2.91. The smallest absolute Gasteiger partial charge is 0.222 e. The van der Waals surface area contributed by atoms with E-state index in [2.05, 4.69) is 27.3 Å². The van der Waals surface area contributed by atoms with E-state index in [4.69, 9.17) is 20.9 Å². The van der Waals surface area contributed by atoms with Crippen LogP contribution >= 0.6 is 0 Å². The number of methoxy groups -OCH3 is 1. The SMILES string of the molecule is CCCCNc1nc(N)nc2cnn(Cc3ccc(C4(N)COC4)cc3OC)c12. The molecule has 1 fully saturated rings. The summed E-state index contributed by atoms with van der Waals surface area (Å²) in [6.45, 7) is 4.51. The number of hydrogen-bond donors (Lipinski definition) is 3. The van der Waals surface area contributed by atoms with E-state index in [0.29, 0.717) is 31.1 Å². The highest BCUT2D eigenvalue weighted by molar-refractivity contribution is 5.86. The molecule has 0 bridgehead atoms. The molecule has 0 aliphatic carbocycles. The zero-order valence-electron chi connectivity index (χ0n) is 16.8. The second kappa shape index (κ2) is 7.84. The molecule has 0 radical (unpaired) electrons. The van der Waals surface area contributed by atoms with Gasteiger partial charge in [-0.05, 0) is 18.1 Å². The van der Waals surface area contributed by atoms with Crippen LogP contribution in [0.15, 0.2) is 24.4 Å². The second-order valence-electron chi connectivity index (χ2n) is 7.42. The molecule has 0 unspecified atom stereocenters. The van der Waals surface area contributed by atoms with Gasteiger partial charge in [-0.1, -0.05) is 25.5 Å². The van der Waals surface area contributed by atoms with Crippen molar-refractivity contribution in [3.8, 4) is 5.75 Å². The van der Waals surface area contributed by atoms with Gasteiger partial charge in [0.15, 0.2) is 5.82 Å². The maximum atomic E-state index is 6.37. The fourth-order valence-electron chi connectivity index (χ4n) is 3.48. The minimum Gasteiger partial charge on any atom is -0.496 e. The van der Waals surface area contributed by atoms with Crippen LogP contribution in [0, 0.1) is 0 Å². The van der Waals surface area contributed by atoms with E-state index in [-0.39, 0.29) is 5.95 Å². The maximum absolute atomic E-state index is 6.37. The van der Waals surface area contributed by atoms with Gasteiger partial charge >= 0.3 is 0 Å². The molecule has 2 aromatic heterocycles. The molecule has 9 nitrogen and oxygen atoms in total. The van der Waals surface area contributed by atoms with Crippen LogP contribution in [-0.2, 0) is 16.8 Å². The maximum Gasteiger partial charge on any atom is 0.222 e. The molecule has 0 amide bonds. The summed E-state index contributed by atoms with van der Waals surface area (Å²) in [6, 6.07) is 6.04. The monoisotopic (exact) mass is 397 g/mol.